The zero-order chi connectivity index (χ0) is 18.3. The predicted molar refractivity (Wildman–Crippen MR) is 93.4 cm³/mol. The van der Waals surface area contributed by atoms with Crippen LogP contribution in [-0.2, 0) is 4.79 Å². The Morgan fingerprint density at radius 1 is 1.04 bits per heavy atom. The lowest BCUT2D eigenvalue weighted by atomic mass is 9.86. The molecule has 0 radical (unpaired) electrons. The van der Waals surface area contributed by atoms with Crippen LogP contribution in [0, 0.1) is 0 Å². The third-order valence-electron chi connectivity index (χ3n) is 4.43. The van der Waals surface area contributed by atoms with Crippen LogP contribution in [0.2, 0.25) is 0 Å². The molecule has 0 saturated heterocycles. The van der Waals surface area contributed by atoms with Crippen molar-refractivity contribution in [3.05, 3.63) is 41.5 Å². The van der Waals surface area contributed by atoms with Crippen molar-refractivity contribution >= 4 is 5.97 Å². The lowest BCUT2D eigenvalue weighted by Gasteiger charge is -2.26. The van der Waals surface area contributed by atoms with Gasteiger partial charge in [0.2, 0.25) is 6.79 Å². The van der Waals surface area contributed by atoms with Crippen molar-refractivity contribution in [2.75, 3.05) is 13.9 Å². The molecule has 4 rings (SSSR count). The van der Waals surface area contributed by atoms with Crippen molar-refractivity contribution in [2.24, 2.45) is 0 Å². The van der Waals surface area contributed by atoms with Crippen LogP contribution in [-0.4, -0.2) is 26.0 Å². The molecule has 0 spiro atoms. The molecule has 0 aliphatic carbocycles. The second kappa shape index (κ2) is 6.44. The van der Waals surface area contributed by atoms with E-state index in [0.29, 0.717) is 28.7 Å². The van der Waals surface area contributed by atoms with Gasteiger partial charge in [-0.05, 0) is 37.6 Å². The van der Waals surface area contributed by atoms with Gasteiger partial charge in [-0.25, -0.2) is 0 Å². The maximum absolute atomic E-state index is 12.1. The summed E-state index contributed by atoms with van der Waals surface area (Å²) in [7, 11) is 1.60. The van der Waals surface area contributed by atoms with Crippen molar-refractivity contribution in [1.29, 1.82) is 0 Å². The number of carbonyl (C=O) groups excluding carboxylic acids is 1. The van der Waals surface area contributed by atoms with E-state index in [2.05, 4.69) is 0 Å². The van der Waals surface area contributed by atoms with Crippen molar-refractivity contribution in [2.45, 2.75) is 32.3 Å². The smallest absolute Gasteiger partial charge is 0.312 e. The van der Waals surface area contributed by atoms with Gasteiger partial charge in [0.05, 0.1) is 19.6 Å². The Kier molecular flexibility index (Phi) is 4.11. The third-order valence-corrected chi connectivity index (χ3v) is 4.43. The van der Waals surface area contributed by atoms with E-state index >= 15 is 0 Å². The van der Waals surface area contributed by atoms with Crippen LogP contribution in [0.4, 0.5) is 0 Å². The maximum atomic E-state index is 12.1. The van der Waals surface area contributed by atoms with E-state index in [0.717, 1.165) is 11.1 Å². The highest BCUT2D eigenvalue weighted by molar-refractivity contribution is 5.78. The second-order valence-electron chi connectivity index (χ2n) is 6.55. The molecule has 1 unspecified atom stereocenters. The van der Waals surface area contributed by atoms with Gasteiger partial charge < -0.3 is 23.7 Å². The summed E-state index contributed by atoms with van der Waals surface area (Å²) < 4.78 is 27.5. The number of esters is 1. The molecule has 2 aliphatic rings. The largest absolute Gasteiger partial charge is 0.493 e. The molecule has 0 saturated carbocycles. The Hall–Kier alpha value is -2.89. The van der Waals surface area contributed by atoms with Gasteiger partial charge in [-0.1, -0.05) is 6.07 Å². The highest BCUT2D eigenvalue weighted by Gasteiger charge is 2.32. The van der Waals surface area contributed by atoms with E-state index in [4.69, 9.17) is 23.7 Å². The minimum atomic E-state index is -0.275. The van der Waals surface area contributed by atoms with E-state index in [-0.39, 0.29) is 31.2 Å². The van der Waals surface area contributed by atoms with Crippen LogP contribution < -0.4 is 23.7 Å². The van der Waals surface area contributed by atoms with Gasteiger partial charge in [-0.2, -0.15) is 0 Å². The lowest BCUT2D eigenvalue weighted by Crippen LogP contribution is -2.21. The molecule has 0 N–H and O–H groups in total. The number of carbonyl (C=O) groups is 1. The van der Waals surface area contributed by atoms with Gasteiger partial charge in [0.15, 0.2) is 23.0 Å². The van der Waals surface area contributed by atoms with E-state index in [1.54, 1.807) is 13.2 Å². The molecule has 0 amide bonds. The molecule has 2 aliphatic heterocycles. The molecule has 1 atom stereocenters. The Labute approximate surface area is 151 Å². The molecule has 2 heterocycles. The van der Waals surface area contributed by atoms with Gasteiger partial charge in [-0.15, -0.1) is 0 Å². The topological polar surface area (TPSA) is 63.2 Å². The van der Waals surface area contributed by atoms with Crippen molar-refractivity contribution in [1.82, 2.24) is 0 Å². The minimum Gasteiger partial charge on any atom is -0.493 e. The zero-order valence-electron chi connectivity index (χ0n) is 14.9. The fourth-order valence-corrected chi connectivity index (χ4v) is 3.29. The van der Waals surface area contributed by atoms with E-state index < -0.39 is 0 Å². The van der Waals surface area contributed by atoms with Gasteiger partial charge in [0.25, 0.3) is 0 Å². The molecule has 2 aromatic rings. The fraction of sp³-hybridized carbons (Fsp3) is 0.350. The van der Waals surface area contributed by atoms with Crippen molar-refractivity contribution in [3.63, 3.8) is 0 Å². The average Bonchev–Trinajstić information content (AvgIpc) is 3.06. The molecule has 26 heavy (non-hydrogen) atoms. The Bertz CT molecular complexity index is 858. The molecular formula is C20H20O6. The summed E-state index contributed by atoms with van der Waals surface area (Å²) in [5.41, 5.74) is 1.85. The summed E-state index contributed by atoms with van der Waals surface area (Å²) in [4.78, 5) is 12.1. The third kappa shape index (κ3) is 2.92. The summed E-state index contributed by atoms with van der Waals surface area (Å²) in [5, 5.41) is 0. The number of hydrogen-bond acceptors (Lipinski definition) is 6. The van der Waals surface area contributed by atoms with Crippen LogP contribution in [0.15, 0.2) is 30.3 Å². The Balaban J connectivity index is 1.75. The first kappa shape index (κ1) is 16.6. The fourth-order valence-electron chi connectivity index (χ4n) is 3.29. The summed E-state index contributed by atoms with van der Waals surface area (Å²) in [5.74, 6) is 2.66. The monoisotopic (exact) mass is 356 g/mol. The summed E-state index contributed by atoms with van der Waals surface area (Å²) in [6.45, 7) is 4.10. The first-order valence-electron chi connectivity index (χ1n) is 8.54. The summed E-state index contributed by atoms with van der Waals surface area (Å²) in [6.07, 6.45) is 0.292. The zero-order valence-corrected chi connectivity index (χ0v) is 14.9. The van der Waals surface area contributed by atoms with Crippen LogP contribution in [0.5, 0.6) is 28.7 Å². The quantitative estimate of drug-likeness (QED) is 0.615. The molecular weight excluding hydrogens is 336 g/mol. The summed E-state index contributed by atoms with van der Waals surface area (Å²) in [6, 6.07) is 9.35. The number of hydrogen-bond donors (Lipinski definition) is 0. The van der Waals surface area contributed by atoms with E-state index in [1.807, 2.05) is 38.1 Å². The van der Waals surface area contributed by atoms with E-state index in [9.17, 15) is 4.79 Å². The Morgan fingerprint density at radius 3 is 2.54 bits per heavy atom. The van der Waals surface area contributed by atoms with Crippen LogP contribution in [0.3, 0.4) is 0 Å². The predicted octanol–water partition coefficient (Wildman–Crippen LogP) is 3.65. The maximum Gasteiger partial charge on any atom is 0.312 e. The second-order valence-corrected chi connectivity index (χ2v) is 6.55. The van der Waals surface area contributed by atoms with E-state index in [1.165, 1.54) is 0 Å². The number of benzene rings is 2. The lowest BCUT2D eigenvalue weighted by molar-refractivity contribution is -0.135. The summed E-state index contributed by atoms with van der Waals surface area (Å²) >= 11 is 0. The van der Waals surface area contributed by atoms with Crippen LogP contribution >= 0.6 is 0 Å². The molecule has 0 fully saturated rings. The normalized spacial score (nSPS) is 17.7. The van der Waals surface area contributed by atoms with Gasteiger partial charge >= 0.3 is 5.97 Å². The van der Waals surface area contributed by atoms with Gasteiger partial charge in [-0.3, -0.25) is 4.79 Å². The number of ether oxygens (including phenoxy) is 5. The SMILES string of the molecule is COc1cc(C2CC(=O)Oc3cc4c(cc32)OCO4)ccc1OC(C)C. The number of rotatable bonds is 4. The number of methoxy groups -OCH3 is 1. The van der Waals surface area contributed by atoms with Crippen molar-refractivity contribution in [3.8, 4) is 28.7 Å². The number of fused-ring (bicyclic) bond motifs is 2. The first-order chi connectivity index (χ1) is 12.5. The highest BCUT2D eigenvalue weighted by Crippen LogP contribution is 2.47. The standard InChI is InChI=1S/C20H20O6/c1-11(2)25-15-5-4-12(6-17(15)22-3)13-8-20(21)26-16-9-19-18(7-14(13)16)23-10-24-19/h4-7,9,11,13H,8,10H2,1-3H3. The van der Waals surface area contributed by atoms with Gasteiger partial charge in [0.1, 0.15) is 5.75 Å². The first-order valence-corrected chi connectivity index (χ1v) is 8.54. The van der Waals surface area contributed by atoms with Crippen LogP contribution in [0.1, 0.15) is 37.3 Å². The highest BCUT2D eigenvalue weighted by atomic mass is 16.7. The van der Waals surface area contributed by atoms with Gasteiger partial charge in [0, 0.05) is 17.5 Å². The molecule has 6 nitrogen and oxygen atoms in total. The molecule has 6 heteroatoms. The minimum absolute atomic E-state index is 0.0415. The molecule has 0 bridgehead atoms. The molecule has 136 valence electrons. The average molecular weight is 356 g/mol. The molecule has 0 aromatic heterocycles. The van der Waals surface area contributed by atoms with Crippen molar-refractivity contribution < 1.29 is 28.5 Å². The Morgan fingerprint density at radius 2 is 1.81 bits per heavy atom. The molecule has 2 aromatic carbocycles. The van der Waals surface area contributed by atoms with Crippen LogP contribution in [0.25, 0.3) is 0 Å².